The van der Waals surface area contributed by atoms with Crippen LogP contribution in [0.15, 0.2) is 42.7 Å². The van der Waals surface area contributed by atoms with Gasteiger partial charge >= 0.3 is 5.97 Å². The van der Waals surface area contributed by atoms with Gasteiger partial charge in [0.15, 0.2) is 5.78 Å². The molecule has 21 heavy (non-hydrogen) atoms. The van der Waals surface area contributed by atoms with Crippen molar-refractivity contribution in [1.82, 2.24) is 4.57 Å². The molecule has 0 aliphatic heterocycles. The number of hydrogen-bond donors (Lipinski definition) is 1. The van der Waals surface area contributed by atoms with Crippen LogP contribution in [0.5, 0.6) is 0 Å². The minimum atomic E-state index is -1.60. The number of ketones is 2. The average molecular weight is 306 g/mol. The number of nitrogens with zero attached hydrogens (tertiary/aromatic N) is 1. The number of carbonyl (C=O) groups is 3. The molecule has 0 radical (unpaired) electrons. The van der Waals surface area contributed by atoms with Crippen LogP contribution in [0.2, 0.25) is 5.02 Å². The van der Waals surface area contributed by atoms with Crippen molar-refractivity contribution in [3.05, 3.63) is 58.9 Å². The second kappa shape index (κ2) is 6.37. The third kappa shape index (κ3) is 4.03. The van der Waals surface area contributed by atoms with Gasteiger partial charge in [-0.3, -0.25) is 9.59 Å². The van der Waals surface area contributed by atoms with Crippen molar-refractivity contribution in [3.8, 4) is 0 Å². The van der Waals surface area contributed by atoms with E-state index in [2.05, 4.69) is 0 Å². The summed E-state index contributed by atoms with van der Waals surface area (Å²) in [5, 5.41) is 9.11. The molecule has 1 N–H and O–H groups in total. The second-order valence-corrected chi connectivity index (χ2v) is 4.97. The lowest BCUT2D eigenvalue weighted by Crippen LogP contribution is -2.16. The third-order valence-corrected chi connectivity index (χ3v) is 3.12. The molecule has 0 fully saturated rings. The van der Waals surface area contributed by atoms with Gasteiger partial charge in [0.1, 0.15) is 0 Å². The van der Waals surface area contributed by atoms with Gasteiger partial charge in [-0.1, -0.05) is 23.7 Å². The zero-order valence-electron chi connectivity index (χ0n) is 11.0. The molecular weight excluding hydrogens is 294 g/mol. The molecule has 0 unspecified atom stereocenters. The van der Waals surface area contributed by atoms with Crippen molar-refractivity contribution in [3.63, 3.8) is 0 Å². The van der Waals surface area contributed by atoms with E-state index < -0.39 is 24.0 Å². The molecule has 2 rings (SSSR count). The van der Waals surface area contributed by atoms with Gasteiger partial charge in [-0.2, -0.15) is 0 Å². The molecule has 0 atom stereocenters. The molecule has 0 spiro atoms. The topological polar surface area (TPSA) is 76.4 Å². The molecule has 0 saturated heterocycles. The van der Waals surface area contributed by atoms with Gasteiger partial charge in [0, 0.05) is 29.5 Å². The van der Waals surface area contributed by atoms with Crippen molar-refractivity contribution < 1.29 is 19.5 Å². The van der Waals surface area contributed by atoms with E-state index in [4.69, 9.17) is 16.7 Å². The molecule has 2 aromatic rings. The Balaban J connectivity index is 2.06. The molecule has 1 aromatic carbocycles. The number of carboxylic acid groups (broad SMARTS) is 1. The number of benzene rings is 1. The summed E-state index contributed by atoms with van der Waals surface area (Å²) >= 11 is 5.90. The molecule has 0 aliphatic rings. The summed E-state index contributed by atoms with van der Waals surface area (Å²) in [6.07, 6.45) is 2.65. The summed E-state index contributed by atoms with van der Waals surface area (Å²) < 4.78 is 1.77. The van der Waals surface area contributed by atoms with Crippen molar-refractivity contribution >= 4 is 29.1 Å². The maximum absolute atomic E-state index is 11.8. The van der Waals surface area contributed by atoms with Crippen LogP contribution >= 0.6 is 11.6 Å². The van der Waals surface area contributed by atoms with Crippen LogP contribution in [0.3, 0.4) is 0 Å². The number of carboxylic acids is 1. The van der Waals surface area contributed by atoms with E-state index in [-0.39, 0.29) is 0 Å². The minimum absolute atomic E-state index is 0.312. The van der Waals surface area contributed by atoms with E-state index in [0.29, 0.717) is 17.1 Å². The number of aliphatic carboxylic acids is 1. The Hall–Kier alpha value is -2.40. The molecular formula is C15H12ClNO4. The van der Waals surface area contributed by atoms with Crippen LogP contribution in [0.25, 0.3) is 0 Å². The first-order chi connectivity index (χ1) is 9.95. The van der Waals surface area contributed by atoms with Gasteiger partial charge in [-0.15, -0.1) is 0 Å². The lowest BCUT2D eigenvalue weighted by atomic mass is 10.1. The quantitative estimate of drug-likeness (QED) is 0.505. The Labute approximate surface area is 125 Å². The van der Waals surface area contributed by atoms with Crippen LogP contribution in [0.1, 0.15) is 22.3 Å². The first-order valence-electron chi connectivity index (χ1n) is 6.15. The summed E-state index contributed by atoms with van der Waals surface area (Å²) in [6, 6.07) is 8.88. The van der Waals surface area contributed by atoms with E-state index >= 15 is 0 Å². The summed E-state index contributed by atoms with van der Waals surface area (Å²) in [6.45, 7) is 0.528. The summed E-state index contributed by atoms with van der Waals surface area (Å²) in [7, 11) is 0. The molecule has 0 amide bonds. The largest absolute Gasteiger partial charge is 0.475 e. The molecule has 1 aromatic heterocycles. The maximum atomic E-state index is 11.8. The Morgan fingerprint density at radius 3 is 2.62 bits per heavy atom. The Kier molecular flexibility index (Phi) is 4.55. The van der Waals surface area contributed by atoms with E-state index in [9.17, 15) is 14.4 Å². The maximum Gasteiger partial charge on any atom is 0.372 e. The normalized spacial score (nSPS) is 10.3. The zero-order valence-corrected chi connectivity index (χ0v) is 11.7. The highest BCUT2D eigenvalue weighted by molar-refractivity contribution is 6.37. The van der Waals surface area contributed by atoms with Gasteiger partial charge in [-0.05, 0) is 23.8 Å². The molecule has 108 valence electrons. The summed E-state index contributed by atoms with van der Waals surface area (Å²) in [5.74, 6) is -3.21. The van der Waals surface area contributed by atoms with Crippen molar-refractivity contribution in [2.45, 2.75) is 13.0 Å². The van der Waals surface area contributed by atoms with Gasteiger partial charge in [0.05, 0.1) is 6.42 Å². The van der Waals surface area contributed by atoms with Gasteiger partial charge < -0.3 is 9.67 Å². The smallest absolute Gasteiger partial charge is 0.372 e. The van der Waals surface area contributed by atoms with Gasteiger partial charge in [0.25, 0.3) is 0 Å². The number of aromatic nitrogens is 1. The standard InChI is InChI=1S/C15H12ClNO4/c16-12-3-1-2-10(6-12)8-17-5-4-11(9-17)13(18)7-14(19)15(20)21/h1-6,9H,7-8H2,(H,20,21). The van der Waals surface area contributed by atoms with E-state index in [1.165, 1.54) is 0 Å². The van der Waals surface area contributed by atoms with E-state index in [1.807, 2.05) is 18.2 Å². The third-order valence-electron chi connectivity index (χ3n) is 2.89. The minimum Gasteiger partial charge on any atom is -0.475 e. The number of rotatable bonds is 6. The van der Waals surface area contributed by atoms with Crippen LogP contribution in [0.4, 0.5) is 0 Å². The molecule has 0 bridgehead atoms. The summed E-state index contributed by atoms with van der Waals surface area (Å²) in [5.41, 5.74) is 1.28. The molecule has 1 heterocycles. The SMILES string of the molecule is O=C(O)C(=O)CC(=O)c1ccn(Cc2cccc(Cl)c2)c1. The van der Waals surface area contributed by atoms with Crippen molar-refractivity contribution in [2.75, 3.05) is 0 Å². The number of hydrogen-bond acceptors (Lipinski definition) is 3. The zero-order chi connectivity index (χ0) is 15.4. The van der Waals surface area contributed by atoms with E-state index in [1.54, 1.807) is 29.1 Å². The fourth-order valence-electron chi connectivity index (χ4n) is 1.87. The predicted molar refractivity (Wildman–Crippen MR) is 76.6 cm³/mol. The fourth-order valence-corrected chi connectivity index (χ4v) is 2.09. The Morgan fingerprint density at radius 1 is 1.19 bits per heavy atom. The average Bonchev–Trinajstić information content (AvgIpc) is 2.87. The molecule has 5 nitrogen and oxygen atoms in total. The number of Topliss-reactive ketones (excluding diaryl/α,β-unsaturated/α-hetero) is 2. The fraction of sp³-hybridized carbons (Fsp3) is 0.133. The van der Waals surface area contributed by atoms with E-state index in [0.717, 1.165) is 5.56 Å². The summed E-state index contributed by atoms with van der Waals surface area (Å²) in [4.78, 5) is 33.2. The Bertz CT molecular complexity index is 705. The molecule has 0 saturated carbocycles. The van der Waals surface area contributed by atoms with Crippen LogP contribution < -0.4 is 0 Å². The second-order valence-electron chi connectivity index (χ2n) is 4.53. The van der Waals surface area contributed by atoms with Gasteiger partial charge in [0.2, 0.25) is 5.78 Å². The highest BCUT2D eigenvalue weighted by Crippen LogP contribution is 2.13. The number of halogens is 1. The highest BCUT2D eigenvalue weighted by Gasteiger charge is 2.18. The first-order valence-corrected chi connectivity index (χ1v) is 6.53. The van der Waals surface area contributed by atoms with Crippen molar-refractivity contribution in [2.24, 2.45) is 0 Å². The van der Waals surface area contributed by atoms with Gasteiger partial charge in [-0.25, -0.2) is 4.79 Å². The Morgan fingerprint density at radius 2 is 1.95 bits per heavy atom. The lowest BCUT2D eigenvalue weighted by Gasteiger charge is -2.03. The van der Waals surface area contributed by atoms with Crippen LogP contribution in [-0.2, 0) is 16.1 Å². The lowest BCUT2D eigenvalue weighted by molar-refractivity contribution is -0.148. The number of carbonyl (C=O) groups excluding carboxylic acids is 2. The monoisotopic (exact) mass is 305 g/mol. The predicted octanol–water partition coefficient (Wildman–Crippen LogP) is 2.42. The first kappa shape index (κ1) is 15.0. The molecule has 6 heteroatoms. The van der Waals surface area contributed by atoms with Crippen molar-refractivity contribution in [1.29, 1.82) is 0 Å². The molecule has 0 aliphatic carbocycles. The van der Waals surface area contributed by atoms with Crippen LogP contribution in [-0.4, -0.2) is 27.2 Å². The van der Waals surface area contributed by atoms with Crippen LogP contribution in [0, 0.1) is 0 Å². The highest BCUT2D eigenvalue weighted by atomic mass is 35.5.